The number of ether oxygens (including phenoxy) is 26. The van der Waals surface area contributed by atoms with Crippen molar-refractivity contribution in [2.45, 2.75) is 44.9 Å². The fourth-order valence-electron chi connectivity index (χ4n) is 8.23. The van der Waals surface area contributed by atoms with Gasteiger partial charge < -0.3 is 134 Å². The summed E-state index contributed by atoms with van der Waals surface area (Å²) in [5, 5.41) is 13.2. The second-order valence-electron chi connectivity index (χ2n) is 21.6. The molecule has 1 heterocycles. The number of likely N-dealkylation sites (tertiary alicyclic amines) is 1. The van der Waals surface area contributed by atoms with Gasteiger partial charge in [-0.2, -0.15) is 8.78 Å². The molecule has 1 aliphatic rings. The maximum atomic E-state index is 13.6. The molecule has 0 spiro atoms. The molecule has 0 saturated carbocycles. The summed E-state index contributed by atoms with van der Waals surface area (Å²) in [4.78, 5) is 25.8. The van der Waals surface area contributed by atoms with E-state index in [4.69, 9.17) is 118 Å². The third-order valence-electron chi connectivity index (χ3n) is 13.5. The Kier molecular flexibility index (Phi) is 69.4. The van der Waals surface area contributed by atoms with E-state index in [1.165, 1.54) is 0 Å². The molecule has 1 aliphatic heterocycles. The van der Waals surface area contributed by atoms with Gasteiger partial charge in [-0.15, -0.1) is 0 Å². The zero-order valence-electron chi connectivity index (χ0n) is 60.2. The van der Waals surface area contributed by atoms with Gasteiger partial charge in [0.15, 0.2) is 11.6 Å². The molecule has 2 rings (SSSR count). The average molecular weight is 1490 g/mol. The van der Waals surface area contributed by atoms with Crippen LogP contribution in [0.25, 0.3) is 0 Å². The molecule has 1 saturated heterocycles. The quantitative estimate of drug-likeness (QED) is 0.0311. The number of halogens is 4. The van der Waals surface area contributed by atoms with E-state index >= 15 is 0 Å². The van der Waals surface area contributed by atoms with Gasteiger partial charge in [0, 0.05) is 25.6 Å². The van der Waals surface area contributed by atoms with Crippen molar-refractivity contribution < 1.29 is 155 Å². The summed E-state index contributed by atoms with van der Waals surface area (Å²) in [7, 11) is 0. The van der Waals surface area contributed by atoms with Gasteiger partial charge in [0.05, 0.1) is 343 Å². The van der Waals surface area contributed by atoms with Crippen LogP contribution in [0.5, 0.6) is 5.75 Å². The number of hydrogen-bond acceptors (Lipinski definition) is 30. The van der Waals surface area contributed by atoms with Crippen molar-refractivity contribution in [3.63, 3.8) is 0 Å². The topological polar surface area (TPSA) is 310 Å². The Balaban J connectivity index is 1.10. The maximum Gasteiger partial charge on any atom is 0.313 e. The van der Waals surface area contributed by atoms with Crippen LogP contribution in [0.2, 0.25) is 0 Å². The number of rotatable bonds is 82. The van der Waals surface area contributed by atoms with Crippen LogP contribution >= 0.6 is 0 Å². The largest absolute Gasteiger partial charge is 0.420 e. The highest BCUT2D eigenvalue weighted by Gasteiger charge is 2.26. The number of nitrogens with zero attached hydrogens (tertiary/aromatic N) is 1. The lowest BCUT2D eigenvalue weighted by Gasteiger charge is -2.28. The summed E-state index contributed by atoms with van der Waals surface area (Å²) in [6.07, 6.45) is 1.32. The summed E-state index contributed by atoms with van der Waals surface area (Å²) in [5.41, 5.74) is 0. The molecule has 0 bridgehead atoms. The van der Waals surface area contributed by atoms with Gasteiger partial charge in [-0.1, -0.05) is 0 Å². The summed E-state index contributed by atoms with van der Waals surface area (Å²) >= 11 is 0. The number of benzene rings is 1. The Morgan fingerprint density at radius 2 is 0.500 bits per heavy atom. The number of amides is 1. The third kappa shape index (κ3) is 61.9. The van der Waals surface area contributed by atoms with E-state index < -0.39 is 47.6 Å². The predicted octanol–water partition coefficient (Wildman–Crippen LogP) is 2.26. The van der Waals surface area contributed by atoms with Crippen LogP contribution in [0, 0.1) is 23.3 Å². The monoisotopic (exact) mass is 1490 g/mol. The molecule has 0 radical (unpaired) electrons. The minimum absolute atomic E-state index is 0.0158. The SMILES string of the molecule is C[C@@H](NC(=O)CCOCCOCCOCCOCCOCCOCCOCCOCCOCCOCCOCCOCCOCCOCCOCCOCCOCCOCCOCCOCCOCCOCCOCCOCCOCCC(=O)Oc1c(F)c(F)cc(F)c1F)C(O)N1CCCC1. The van der Waals surface area contributed by atoms with Gasteiger partial charge in [-0.3, -0.25) is 14.5 Å². The average Bonchev–Trinajstić information content (AvgIpc) is 1.05. The number of hydrogen-bond donors (Lipinski definition) is 2. The number of carbonyl (C=O) groups excluding carboxylic acids is 2. The Bertz CT molecular complexity index is 1970. The summed E-state index contributed by atoms with van der Waals surface area (Å²) in [6, 6.07) is -0.313. The van der Waals surface area contributed by atoms with E-state index in [-0.39, 0.29) is 50.9 Å². The molecule has 31 nitrogen and oxygen atoms in total. The van der Waals surface area contributed by atoms with Crippen LogP contribution in [0.15, 0.2) is 6.07 Å². The molecular weight excluding hydrogens is 1370 g/mol. The lowest BCUT2D eigenvalue weighted by molar-refractivity contribution is -0.136. The minimum Gasteiger partial charge on any atom is -0.420 e. The van der Waals surface area contributed by atoms with Crippen LogP contribution in [0.4, 0.5) is 17.6 Å². The van der Waals surface area contributed by atoms with Gasteiger partial charge in [0.1, 0.15) is 6.23 Å². The van der Waals surface area contributed by atoms with Crippen molar-refractivity contribution in [2.75, 3.05) is 343 Å². The van der Waals surface area contributed by atoms with E-state index in [2.05, 4.69) is 10.1 Å². The molecule has 1 amide bonds. The zero-order valence-corrected chi connectivity index (χ0v) is 60.2. The molecule has 2 atom stereocenters. The third-order valence-corrected chi connectivity index (χ3v) is 13.5. The van der Waals surface area contributed by atoms with Crippen LogP contribution in [0.1, 0.15) is 32.6 Å². The van der Waals surface area contributed by atoms with Gasteiger partial charge in [-0.25, -0.2) is 8.78 Å². The maximum absolute atomic E-state index is 13.6. The van der Waals surface area contributed by atoms with Gasteiger partial charge in [0.2, 0.25) is 23.3 Å². The molecule has 0 aromatic heterocycles. The molecule has 1 fully saturated rings. The molecule has 600 valence electrons. The Labute approximate surface area is 599 Å². The molecular formula is C67H120F4N2O29. The van der Waals surface area contributed by atoms with Crippen LogP contribution in [-0.2, 0) is 128 Å². The number of carbonyl (C=O) groups is 2. The lowest BCUT2D eigenvalue weighted by Crippen LogP contribution is -2.49. The highest BCUT2D eigenvalue weighted by molar-refractivity contribution is 5.76. The first-order chi connectivity index (χ1) is 50.2. The second-order valence-corrected chi connectivity index (χ2v) is 21.6. The first-order valence-electron chi connectivity index (χ1n) is 35.4. The van der Waals surface area contributed by atoms with Gasteiger partial charge in [0.25, 0.3) is 0 Å². The normalized spacial score (nSPS) is 13.3. The molecule has 0 aliphatic carbocycles. The van der Waals surface area contributed by atoms with E-state index in [9.17, 15) is 32.3 Å². The Hall–Kier alpha value is -3.20. The van der Waals surface area contributed by atoms with E-state index in [1.54, 1.807) is 0 Å². The fraction of sp³-hybridized carbons (Fsp3) is 0.881. The lowest BCUT2D eigenvalue weighted by atomic mass is 10.2. The van der Waals surface area contributed by atoms with Crippen LogP contribution in [0.3, 0.4) is 0 Å². The van der Waals surface area contributed by atoms with Crippen molar-refractivity contribution in [1.82, 2.24) is 10.2 Å². The Morgan fingerprint density at radius 1 is 0.324 bits per heavy atom. The standard InChI is InChI=1S/C67H120F4N2O29/c1-59(67(76)73-6-2-3-7-73)72-62(74)4-8-77-10-12-79-14-16-81-18-20-83-22-24-85-26-28-87-30-32-89-34-36-91-38-40-93-42-44-95-46-48-97-50-52-99-54-56-101-57-55-100-53-51-98-49-47-96-45-43-94-41-39-92-37-35-90-33-31-88-29-27-86-25-23-84-21-19-82-17-15-80-13-11-78-9-5-63(75)102-66-64(70)60(68)58-61(69)65(66)71/h58-59,67,76H,2-57H2,1H3,(H,72,74)/t59-,67?/m1/s1. The summed E-state index contributed by atoms with van der Waals surface area (Å²) in [6.45, 7) is 24.3. The van der Waals surface area contributed by atoms with Crippen molar-refractivity contribution in [2.24, 2.45) is 0 Å². The molecule has 1 unspecified atom stereocenters. The zero-order chi connectivity index (χ0) is 73.2. The Morgan fingerprint density at radius 3 is 0.696 bits per heavy atom. The van der Waals surface area contributed by atoms with E-state index in [1.807, 2.05) is 11.8 Å². The van der Waals surface area contributed by atoms with Crippen molar-refractivity contribution >= 4 is 11.9 Å². The number of esters is 1. The van der Waals surface area contributed by atoms with Crippen molar-refractivity contribution in [3.8, 4) is 5.75 Å². The molecule has 2 N–H and O–H groups in total. The predicted molar refractivity (Wildman–Crippen MR) is 356 cm³/mol. The fourth-order valence-corrected chi connectivity index (χ4v) is 8.23. The van der Waals surface area contributed by atoms with Crippen molar-refractivity contribution in [3.05, 3.63) is 29.3 Å². The van der Waals surface area contributed by atoms with E-state index in [0.717, 1.165) is 25.9 Å². The highest BCUT2D eigenvalue weighted by atomic mass is 19.2. The summed E-state index contributed by atoms with van der Waals surface area (Å²) < 4.78 is 195. The molecule has 1 aromatic carbocycles. The van der Waals surface area contributed by atoms with E-state index in [0.29, 0.717) is 304 Å². The molecule has 1 aromatic rings. The van der Waals surface area contributed by atoms with Gasteiger partial charge >= 0.3 is 5.97 Å². The number of aliphatic hydroxyl groups excluding tert-OH is 1. The number of nitrogens with one attached hydrogen (secondary N) is 1. The smallest absolute Gasteiger partial charge is 0.313 e. The highest BCUT2D eigenvalue weighted by Crippen LogP contribution is 2.27. The first-order valence-corrected chi connectivity index (χ1v) is 35.4. The molecule has 102 heavy (non-hydrogen) atoms. The van der Waals surface area contributed by atoms with Crippen LogP contribution in [-0.4, -0.2) is 378 Å². The second kappa shape index (κ2) is 74.6. The van der Waals surface area contributed by atoms with Gasteiger partial charge in [-0.05, 0) is 19.8 Å². The minimum atomic E-state index is -1.80. The first kappa shape index (κ1) is 94.9. The van der Waals surface area contributed by atoms with Crippen LogP contribution < -0.4 is 10.1 Å². The summed E-state index contributed by atoms with van der Waals surface area (Å²) in [5.74, 6) is -9.67. The van der Waals surface area contributed by atoms with Crippen molar-refractivity contribution in [1.29, 1.82) is 0 Å². The number of aliphatic hydroxyl groups is 1. The molecule has 35 heteroatoms.